The van der Waals surface area contributed by atoms with Crippen molar-refractivity contribution in [2.24, 2.45) is 0 Å². The van der Waals surface area contributed by atoms with E-state index in [4.69, 9.17) is 5.11 Å². The molecule has 0 aliphatic carbocycles. The molecular weight excluding hydrogens is 305 g/mol. The van der Waals surface area contributed by atoms with Crippen LogP contribution in [0.15, 0.2) is 24.3 Å². The van der Waals surface area contributed by atoms with Gasteiger partial charge in [0, 0.05) is 6.54 Å². The Kier molecular flexibility index (Phi) is 4.17. The number of carboxylic acid groups (broad SMARTS) is 1. The monoisotopic (exact) mass is 316 g/mol. The fraction of sp³-hybridized carbons (Fsp3) is 0.231. The molecular formula is C13H11F3N2O2S. The van der Waals surface area contributed by atoms with Crippen LogP contribution in [0.5, 0.6) is 0 Å². The van der Waals surface area contributed by atoms with E-state index in [1.165, 1.54) is 12.1 Å². The summed E-state index contributed by atoms with van der Waals surface area (Å²) in [5.74, 6) is -1.12. The van der Waals surface area contributed by atoms with Gasteiger partial charge in [0.2, 0.25) is 0 Å². The SMILES string of the molecule is Cc1nsc(NCc2cccc(C(F)(F)F)c2)c1C(=O)O. The molecule has 1 aromatic heterocycles. The summed E-state index contributed by atoms with van der Waals surface area (Å²) in [5, 5.41) is 12.2. The largest absolute Gasteiger partial charge is 0.478 e. The van der Waals surface area contributed by atoms with Crippen LogP contribution in [0.3, 0.4) is 0 Å². The fourth-order valence-electron chi connectivity index (χ4n) is 1.78. The summed E-state index contributed by atoms with van der Waals surface area (Å²) in [5.41, 5.74) is 0.0963. The summed E-state index contributed by atoms with van der Waals surface area (Å²) < 4.78 is 41.7. The van der Waals surface area contributed by atoms with E-state index >= 15 is 0 Å². The maximum absolute atomic E-state index is 12.6. The lowest BCUT2D eigenvalue weighted by molar-refractivity contribution is -0.137. The predicted molar refractivity (Wildman–Crippen MR) is 72.6 cm³/mol. The molecule has 0 spiro atoms. The van der Waals surface area contributed by atoms with Crippen molar-refractivity contribution in [2.75, 3.05) is 5.32 Å². The Morgan fingerprint density at radius 2 is 2.14 bits per heavy atom. The van der Waals surface area contributed by atoms with Gasteiger partial charge < -0.3 is 10.4 Å². The molecule has 0 atom stereocenters. The number of aromatic nitrogens is 1. The minimum Gasteiger partial charge on any atom is -0.478 e. The molecule has 2 N–H and O–H groups in total. The topological polar surface area (TPSA) is 62.2 Å². The Hall–Kier alpha value is -2.09. The van der Waals surface area contributed by atoms with Crippen LogP contribution in [0, 0.1) is 6.92 Å². The number of nitrogens with zero attached hydrogens (tertiary/aromatic N) is 1. The highest BCUT2D eigenvalue weighted by atomic mass is 32.1. The Bertz CT molecular complexity index is 668. The number of carboxylic acids is 1. The summed E-state index contributed by atoms with van der Waals surface area (Å²) in [6.07, 6.45) is -4.40. The van der Waals surface area contributed by atoms with Gasteiger partial charge in [-0.05, 0) is 36.2 Å². The van der Waals surface area contributed by atoms with Gasteiger partial charge in [-0.1, -0.05) is 12.1 Å². The third kappa shape index (κ3) is 3.52. The number of carbonyl (C=O) groups is 1. The van der Waals surface area contributed by atoms with Gasteiger partial charge in [-0.3, -0.25) is 0 Å². The van der Waals surface area contributed by atoms with Crippen LogP contribution in [0.2, 0.25) is 0 Å². The molecule has 4 nitrogen and oxygen atoms in total. The van der Waals surface area contributed by atoms with E-state index in [0.717, 1.165) is 23.7 Å². The fourth-order valence-corrected chi connectivity index (χ4v) is 2.56. The smallest absolute Gasteiger partial charge is 0.416 e. The van der Waals surface area contributed by atoms with E-state index in [1.807, 2.05) is 0 Å². The first kappa shape index (κ1) is 15.3. The number of alkyl halides is 3. The van der Waals surface area contributed by atoms with Crippen LogP contribution in [-0.4, -0.2) is 15.4 Å². The van der Waals surface area contributed by atoms with E-state index in [1.54, 1.807) is 6.92 Å². The second-order valence-corrected chi connectivity index (χ2v) is 5.10. The van der Waals surface area contributed by atoms with Crippen LogP contribution in [0.4, 0.5) is 18.2 Å². The Morgan fingerprint density at radius 3 is 2.76 bits per heavy atom. The molecule has 1 heterocycles. The lowest BCUT2D eigenvalue weighted by atomic mass is 10.1. The van der Waals surface area contributed by atoms with Gasteiger partial charge in [0.05, 0.1) is 11.3 Å². The number of rotatable bonds is 4. The molecule has 0 saturated carbocycles. The third-order valence-corrected chi connectivity index (χ3v) is 3.68. The average molecular weight is 316 g/mol. The van der Waals surface area contributed by atoms with Crippen molar-refractivity contribution in [3.8, 4) is 0 Å². The van der Waals surface area contributed by atoms with E-state index in [0.29, 0.717) is 16.3 Å². The van der Waals surface area contributed by atoms with E-state index in [2.05, 4.69) is 9.69 Å². The number of hydrogen-bond acceptors (Lipinski definition) is 4. The van der Waals surface area contributed by atoms with Gasteiger partial charge in [-0.25, -0.2) is 4.79 Å². The van der Waals surface area contributed by atoms with Crippen LogP contribution in [0.1, 0.15) is 27.2 Å². The highest BCUT2D eigenvalue weighted by Gasteiger charge is 2.30. The molecule has 0 unspecified atom stereocenters. The lowest BCUT2D eigenvalue weighted by Crippen LogP contribution is -2.08. The number of benzene rings is 1. The maximum Gasteiger partial charge on any atom is 0.416 e. The highest BCUT2D eigenvalue weighted by Crippen LogP contribution is 2.30. The zero-order valence-corrected chi connectivity index (χ0v) is 11.7. The molecule has 0 aliphatic rings. The van der Waals surface area contributed by atoms with Crippen LogP contribution in [0.25, 0.3) is 0 Å². The molecule has 1 aromatic carbocycles. The first-order valence-electron chi connectivity index (χ1n) is 5.88. The molecule has 0 saturated heterocycles. The molecule has 21 heavy (non-hydrogen) atoms. The van der Waals surface area contributed by atoms with Crippen LogP contribution >= 0.6 is 11.5 Å². The number of halogens is 3. The van der Waals surface area contributed by atoms with Crippen molar-refractivity contribution in [2.45, 2.75) is 19.6 Å². The Balaban J connectivity index is 2.16. The first-order chi connectivity index (χ1) is 9.79. The van der Waals surface area contributed by atoms with Gasteiger partial charge in [0.15, 0.2) is 0 Å². The van der Waals surface area contributed by atoms with Crippen LogP contribution < -0.4 is 5.32 Å². The summed E-state index contributed by atoms with van der Waals surface area (Å²) >= 11 is 0.969. The highest BCUT2D eigenvalue weighted by molar-refractivity contribution is 7.10. The van der Waals surface area contributed by atoms with E-state index in [-0.39, 0.29) is 12.1 Å². The van der Waals surface area contributed by atoms with Crippen molar-refractivity contribution in [3.63, 3.8) is 0 Å². The zero-order valence-electron chi connectivity index (χ0n) is 10.9. The zero-order chi connectivity index (χ0) is 15.6. The minimum absolute atomic E-state index is 0.0481. The molecule has 2 aromatic rings. The third-order valence-electron chi connectivity index (χ3n) is 2.78. The molecule has 112 valence electrons. The van der Waals surface area contributed by atoms with Crippen molar-refractivity contribution in [3.05, 3.63) is 46.6 Å². The van der Waals surface area contributed by atoms with Crippen molar-refractivity contribution in [1.82, 2.24) is 4.37 Å². The predicted octanol–water partition coefficient (Wildman–Crippen LogP) is 3.78. The standard InChI is InChI=1S/C13H11F3N2O2S/c1-7-10(12(19)20)11(21-18-7)17-6-8-3-2-4-9(5-8)13(14,15)16/h2-5,17H,6H2,1H3,(H,19,20). The summed E-state index contributed by atoms with van der Waals surface area (Å²) in [6.45, 7) is 1.65. The second-order valence-electron chi connectivity index (χ2n) is 4.33. The molecule has 0 fully saturated rings. The van der Waals surface area contributed by atoms with Crippen molar-refractivity contribution < 1.29 is 23.1 Å². The second kappa shape index (κ2) is 5.72. The Morgan fingerprint density at radius 1 is 1.43 bits per heavy atom. The van der Waals surface area contributed by atoms with Gasteiger partial charge in [0.1, 0.15) is 10.6 Å². The van der Waals surface area contributed by atoms with Gasteiger partial charge >= 0.3 is 12.1 Å². The van der Waals surface area contributed by atoms with Gasteiger partial charge in [-0.2, -0.15) is 17.5 Å². The summed E-state index contributed by atoms with van der Waals surface area (Å²) in [4.78, 5) is 11.1. The first-order valence-corrected chi connectivity index (χ1v) is 6.66. The maximum atomic E-state index is 12.6. The normalized spacial score (nSPS) is 11.4. The van der Waals surface area contributed by atoms with Crippen molar-refractivity contribution in [1.29, 1.82) is 0 Å². The summed E-state index contributed by atoms with van der Waals surface area (Å²) in [7, 11) is 0. The molecule has 0 aliphatic heterocycles. The van der Waals surface area contributed by atoms with Gasteiger partial charge in [0.25, 0.3) is 0 Å². The molecule has 8 heteroatoms. The molecule has 0 amide bonds. The number of nitrogens with one attached hydrogen (secondary N) is 1. The quantitative estimate of drug-likeness (QED) is 0.901. The molecule has 0 bridgehead atoms. The number of hydrogen-bond donors (Lipinski definition) is 2. The number of aromatic carboxylic acids is 1. The molecule has 2 rings (SSSR count). The number of anilines is 1. The lowest BCUT2D eigenvalue weighted by Gasteiger charge is -2.09. The Labute approximate surface area is 122 Å². The minimum atomic E-state index is -4.40. The average Bonchev–Trinajstić information content (AvgIpc) is 2.77. The van der Waals surface area contributed by atoms with E-state index < -0.39 is 17.7 Å². The summed E-state index contributed by atoms with van der Waals surface area (Å²) in [6, 6.07) is 4.87. The van der Waals surface area contributed by atoms with Crippen molar-refractivity contribution >= 4 is 22.5 Å². The van der Waals surface area contributed by atoms with Crippen LogP contribution in [-0.2, 0) is 12.7 Å². The van der Waals surface area contributed by atoms with E-state index in [9.17, 15) is 18.0 Å². The number of aryl methyl sites for hydroxylation is 1. The van der Waals surface area contributed by atoms with Gasteiger partial charge in [-0.15, -0.1) is 0 Å². The molecule has 0 radical (unpaired) electrons.